The molecule has 0 N–H and O–H groups in total. The molecule has 0 spiro atoms. The Hall–Kier alpha value is -0.0400. The maximum absolute atomic E-state index is 5.50. The van der Waals surface area contributed by atoms with Gasteiger partial charge in [0.15, 0.2) is 0 Å². The van der Waals surface area contributed by atoms with Crippen LogP contribution < -0.4 is 0 Å². The Balaban J connectivity index is 3.84. The Morgan fingerprint density at radius 2 is 1.92 bits per heavy atom. The third-order valence-electron chi connectivity index (χ3n) is 2.80. The lowest BCUT2D eigenvalue weighted by atomic mass is 9.88. The average Bonchev–Trinajstić information content (AvgIpc) is 2.05. The summed E-state index contributed by atoms with van der Waals surface area (Å²) in [5.74, 6) is 0.792. The molecule has 0 aromatic carbocycles. The molecule has 0 aliphatic carbocycles. The molecular weight excluding hydrogens is 148 g/mol. The van der Waals surface area contributed by atoms with E-state index in [9.17, 15) is 0 Å². The van der Waals surface area contributed by atoms with Gasteiger partial charge in [-0.3, -0.25) is 0 Å². The standard InChI is InChI=1S/C11H24O/c1-6-8-10(3)9-11(4,7-2)12-5/h10H,6-9H2,1-5H3. The second kappa shape index (κ2) is 5.58. The summed E-state index contributed by atoms with van der Waals surface area (Å²) in [5.41, 5.74) is 0.106. The van der Waals surface area contributed by atoms with Crippen LogP contribution in [0.25, 0.3) is 0 Å². The predicted molar refractivity (Wildman–Crippen MR) is 54.4 cm³/mol. The van der Waals surface area contributed by atoms with Crippen molar-refractivity contribution in [2.75, 3.05) is 7.11 Å². The van der Waals surface area contributed by atoms with Crippen molar-refractivity contribution in [2.24, 2.45) is 5.92 Å². The SMILES string of the molecule is CCCC(C)CC(C)(CC)OC. The van der Waals surface area contributed by atoms with Crippen LogP contribution in [0.15, 0.2) is 0 Å². The van der Waals surface area contributed by atoms with E-state index in [1.54, 1.807) is 0 Å². The zero-order valence-electron chi connectivity index (χ0n) is 9.31. The van der Waals surface area contributed by atoms with Crippen LogP contribution in [0.5, 0.6) is 0 Å². The van der Waals surface area contributed by atoms with Crippen LogP contribution in [0.4, 0.5) is 0 Å². The molecule has 1 heteroatoms. The van der Waals surface area contributed by atoms with E-state index in [-0.39, 0.29) is 5.60 Å². The van der Waals surface area contributed by atoms with E-state index in [4.69, 9.17) is 4.74 Å². The van der Waals surface area contributed by atoms with Crippen molar-refractivity contribution in [3.05, 3.63) is 0 Å². The molecular formula is C11H24O. The van der Waals surface area contributed by atoms with Gasteiger partial charge in [0.2, 0.25) is 0 Å². The van der Waals surface area contributed by atoms with Crippen molar-refractivity contribution in [1.82, 2.24) is 0 Å². The minimum absolute atomic E-state index is 0.106. The third kappa shape index (κ3) is 4.10. The summed E-state index contributed by atoms with van der Waals surface area (Å²) in [6, 6.07) is 0. The van der Waals surface area contributed by atoms with Gasteiger partial charge < -0.3 is 4.74 Å². The first-order valence-electron chi connectivity index (χ1n) is 5.13. The fourth-order valence-corrected chi connectivity index (χ4v) is 1.70. The molecule has 0 amide bonds. The topological polar surface area (TPSA) is 9.23 Å². The maximum Gasteiger partial charge on any atom is 0.0650 e. The molecule has 74 valence electrons. The predicted octanol–water partition coefficient (Wildman–Crippen LogP) is 3.63. The minimum atomic E-state index is 0.106. The lowest BCUT2D eigenvalue weighted by Gasteiger charge is -2.29. The first-order chi connectivity index (χ1) is 5.58. The van der Waals surface area contributed by atoms with Gasteiger partial charge in [0.1, 0.15) is 0 Å². The zero-order chi connectivity index (χ0) is 9.61. The Labute approximate surface area is 77.5 Å². The zero-order valence-corrected chi connectivity index (χ0v) is 9.31. The van der Waals surface area contributed by atoms with Gasteiger partial charge >= 0.3 is 0 Å². The van der Waals surface area contributed by atoms with Gasteiger partial charge in [-0.15, -0.1) is 0 Å². The highest BCUT2D eigenvalue weighted by atomic mass is 16.5. The molecule has 12 heavy (non-hydrogen) atoms. The highest BCUT2D eigenvalue weighted by molar-refractivity contribution is 4.75. The molecule has 2 atom stereocenters. The molecule has 0 aromatic rings. The highest BCUT2D eigenvalue weighted by Gasteiger charge is 2.23. The number of ether oxygens (including phenoxy) is 1. The molecule has 0 saturated heterocycles. The first kappa shape index (κ1) is 12.0. The quantitative estimate of drug-likeness (QED) is 0.594. The van der Waals surface area contributed by atoms with Crippen LogP contribution in [0.2, 0.25) is 0 Å². The van der Waals surface area contributed by atoms with E-state index < -0.39 is 0 Å². The third-order valence-corrected chi connectivity index (χ3v) is 2.80. The smallest absolute Gasteiger partial charge is 0.0650 e. The van der Waals surface area contributed by atoms with Crippen molar-refractivity contribution >= 4 is 0 Å². The van der Waals surface area contributed by atoms with E-state index in [1.165, 1.54) is 19.3 Å². The number of rotatable bonds is 6. The molecule has 0 bridgehead atoms. The molecule has 0 aliphatic heterocycles. The summed E-state index contributed by atoms with van der Waals surface area (Å²) >= 11 is 0. The van der Waals surface area contributed by atoms with Crippen LogP contribution in [0, 0.1) is 5.92 Å². The summed E-state index contributed by atoms with van der Waals surface area (Å²) in [6.07, 6.45) is 4.90. The Kier molecular flexibility index (Phi) is 5.56. The van der Waals surface area contributed by atoms with Gasteiger partial charge in [-0.05, 0) is 25.7 Å². The monoisotopic (exact) mass is 172 g/mol. The van der Waals surface area contributed by atoms with Crippen molar-refractivity contribution in [3.63, 3.8) is 0 Å². The lowest BCUT2D eigenvalue weighted by molar-refractivity contribution is -0.0161. The van der Waals surface area contributed by atoms with E-state index in [0.717, 1.165) is 12.3 Å². The number of methoxy groups -OCH3 is 1. The van der Waals surface area contributed by atoms with Gasteiger partial charge in [-0.2, -0.15) is 0 Å². The van der Waals surface area contributed by atoms with Gasteiger partial charge in [-0.25, -0.2) is 0 Å². The van der Waals surface area contributed by atoms with Crippen molar-refractivity contribution in [1.29, 1.82) is 0 Å². The molecule has 0 aliphatic rings. The molecule has 0 saturated carbocycles. The Bertz CT molecular complexity index is 106. The first-order valence-corrected chi connectivity index (χ1v) is 5.13. The van der Waals surface area contributed by atoms with Crippen LogP contribution in [-0.4, -0.2) is 12.7 Å². The summed E-state index contributed by atoms with van der Waals surface area (Å²) < 4.78 is 5.50. The Morgan fingerprint density at radius 3 is 2.25 bits per heavy atom. The van der Waals surface area contributed by atoms with E-state index in [1.807, 2.05) is 7.11 Å². The van der Waals surface area contributed by atoms with Gasteiger partial charge in [0, 0.05) is 7.11 Å². The second-order valence-corrected chi connectivity index (χ2v) is 4.11. The number of hydrogen-bond acceptors (Lipinski definition) is 1. The summed E-state index contributed by atoms with van der Waals surface area (Å²) in [7, 11) is 1.82. The van der Waals surface area contributed by atoms with Gasteiger partial charge in [-0.1, -0.05) is 33.6 Å². The van der Waals surface area contributed by atoms with E-state index in [0.29, 0.717) is 0 Å². The maximum atomic E-state index is 5.50. The molecule has 1 nitrogen and oxygen atoms in total. The van der Waals surface area contributed by atoms with Crippen LogP contribution in [-0.2, 0) is 4.74 Å². The van der Waals surface area contributed by atoms with Gasteiger partial charge in [0.05, 0.1) is 5.60 Å². The van der Waals surface area contributed by atoms with E-state index in [2.05, 4.69) is 27.7 Å². The largest absolute Gasteiger partial charge is 0.379 e. The highest BCUT2D eigenvalue weighted by Crippen LogP contribution is 2.25. The summed E-state index contributed by atoms with van der Waals surface area (Å²) in [4.78, 5) is 0. The van der Waals surface area contributed by atoms with Crippen LogP contribution >= 0.6 is 0 Å². The van der Waals surface area contributed by atoms with E-state index >= 15 is 0 Å². The molecule has 0 fully saturated rings. The summed E-state index contributed by atoms with van der Waals surface area (Å²) in [6.45, 7) is 8.96. The normalized spacial score (nSPS) is 18.8. The fourth-order valence-electron chi connectivity index (χ4n) is 1.70. The fraction of sp³-hybridized carbons (Fsp3) is 1.00. The Morgan fingerprint density at radius 1 is 1.33 bits per heavy atom. The van der Waals surface area contributed by atoms with Crippen molar-refractivity contribution < 1.29 is 4.74 Å². The molecule has 0 heterocycles. The lowest BCUT2D eigenvalue weighted by Crippen LogP contribution is -2.28. The number of hydrogen-bond donors (Lipinski definition) is 0. The molecule has 0 rings (SSSR count). The second-order valence-electron chi connectivity index (χ2n) is 4.11. The van der Waals surface area contributed by atoms with Crippen molar-refractivity contribution in [3.8, 4) is 0 Å². The average molecular weight is 172 g/mol. The molecule has 0 aromatic heterocycles. The van der Waals surface area contributed by atoms with Crippen LogP contribution in [0.3, 0.4) is 0 Å². The summed E-state index contributed by atoms with van der Waals surface area (Å²) in [5, 5.41) is 0. The molecule has 0 radical (unpaired) electrons. The van der Waals surface area contributed by atoms with Crippen molar-refractivity contribution in [2.45, 2.75) is 59.0 Å². The minimum Gasteiger partial charge on any atom is -0.379 e. The van der Waals surface area contributed by atoms with Crippen LogP contribution in [0.1, 0.15) is 53.4 Å². The van der Waals surface area contributed by atoms with Gasteiger partial charge in [0.25, 0.3) is 0 Å². The molecule has 2 unspecified atom stereocenters.